The number of hydrogen-bond donors (Lipinski definition) is 3. The van der Waals surface area contributed by atoms with Crippen molar-refractivity contribution in [3.05, 3.63) is 41.1 Å². The van der Waals surface area contributed by atoms with Gasteiger partial charge in [-0.05, 0) is 37.1 Å². The lowest BCUT2D eigenvalue weighted by molar-refractivity contribution is -0.135. The summed E-state index contributed by atoms with van der Waals surface area (Å²) in [5.74, 6) is -1.13. The Bertz CT molecular complexity index is 553. The number of methoxy groups -OCH3 is 1. The molecule has 6 nitrogen and oxygen atoms in total. The Morgan fingerprint density at radius 2 is 2.00 bits per heavy atom. The van der Waals surface area contributed by atoms with Crippen LogP contribution in [0.15, 0.2) is 30.0 Å². The topological polar surface area (TPSA) is 87.7 Å². The lowest BCUT2D eigenvalue weighted by Crippen LogP contribution is -2.31. The van der Waals surface area contributed by atoms with Gasteiger partial charge in [0.05, 0.1) is 19.8 Å². The number of benzene rings is 1. The standard InChI is InChI=1S/C15H20N2O4/c1-10-4-5-12(8-11(10)2)17-13(9-14(19)21-3)15(20)16-6-7-18/h4-5,8-9,17-18H,6-7H2,1-3H3,(H,16,20)/b13-9-. The van der Waals surface area contributed by atoms with Crippen LogP contribution in [0.3, 0.4) is 0 Å². The largest absolute Gasteiger partial charge is 0.466 e. The number of ether oxygens (including phenoxy) is 1. The first-order valence-electron chi connectivity index (χ1n) is 6.51. The van der Waals surface area contributed by atoms with Gasteiger partial charge in [-0.1, -0.05) is 6.07 Å². The van der Waals surface area contributed by atoms with Crippen molar-refractivity contribution in [2.24, 2.45) is 0 Å². The summed E-state index contributed by atoms with van der Waals surface area (Å²) < 4.78 is 4.53. The van der Waals surface area contributed by atoms with Crippen molar-refractivity contribution >= 4 is 17.6 Å². The zero-order valence-electron chi connectivity index (χ0n) is 12.4. The molecular weight excluding hydrogens is 272 g/mol. The highest BCUT2D eigenvalue weighted by atomic mass is 16.5. The number of carbonyl (C=O) groups excluding carboxylic acids is 2. The van der Waals surface area contributed by atoms with Crippen LogP contribution in [0.25, 0.3) is 0 Å². The normalized spacial score (nSPS) is 11.0. The van der Waals surface area contributed by atoms with Crippen LogP contribution in [-0.4, -0.2) is 37.2 Å². The molecule has 0 aliphatic carbocycles. The molecule has 0 aromatic heterocycles. The van der Waals surface area contributed by atoms with Crippen LogP contribution in [0, 0.1) is 13.8 Å². The Balaban J connectivity index is 2.95. The maximum atomic E-state index is 11.9. The number of aliphatic hydroxyl groups excluding tert-OH is 1. The van der Waals surface area contributed by atoms with Crippen LogP contribution >= 0.6 is 0 Å². The van der Waals surface area contributed by atoms with Gasteiger partial charge in [-0.25, -0.2) is 4.79 Å². The minimum atomic E-state index is -0.638. The van der Waals surface area contributed by atoms with E-state index >= 15 is 0 Å². The number of esters is 1. The molecule has 6 heteroatoms. The van der Waals surface area contributed by atoms with Crippen molar-refractivity contribution in [3.8, 4) is 0 Å². The third-order valence-corrected chi connectivity index (χ3v) is 2.89. The van der Waals surface area contributed by atoms with Gasteiger partial charge < -0.3 is 20.5 Å². The maximum absolute atomic E-state index is 11.9. The molecule has 114 valence electrons. The molecule has 3 N–H and O–H groups in total. The molecule has 1 aromatic rings. The highest BCUT2D eigenvalue weighted by Crippen LogP contribution is 2.16. The molecule has 0 unspecified atom stereocenters. The summed E-state index contributed by atoms with van der Waals surface area (Å²) in [4.78, 5) is 23.3. The quantitative estimate of drug-likeness (QED) is 0.535. The first-order chi connectivity index (χ1) is 9.97. The molecule has 0 saturated carbocycles. The summed E-state index contributed by atoms with van der Waals surface area (Å²) >= 11 is 0. The van der Waals surface area contributed by atoms with E-state index in [1.54, 1.807) is 0 Å². The molecule has 0 bridgehead atoms. The van der Waals surface area contributed by atoms with Crippen LogP contribution in [0.5, 0.6) is 0 Å². The lowest BCUT2D eigenvalue weighted by atomic mass is 10.1. The second-order valence-electron chi connectivity index (χ2n) is 4.48. The number of rotatable bonds is 6. The number of nitrogens with one attached hydrogen (secondary N) is 2. The third-order valence-electron chi connectivity index (χ3n) is 2.89. The van der Waals surface area contributed by atoms with Crippen molar-refractivity contribution in [3.63, 3.8) is 0 Å². The van der Waals surface area contributed by atoms with Gasteiger partial charge in [-0.15, -0.1) is 0 Å². The molecule has 0 heterocycles. The summed E-state index contributed by atoms with van der Waals surface area (Å²) in [6, 6.07) is 5.60. The Labute approximate surface area is 123 Å². The summed E-state index contributed by atoms with van der Waals surface area (Å²) in [5, 5.41) is 14.1. The van der Waals surface area contributed by atoms with Crippen molar-refractivity contribution in [2.45, 2.75) is 13.8 Å². The predicted octanol–water partition coefficient (Wildman–Crippen LogP) is 0.881. The van der Waals surface area contributed by atoms with Crippen molar-refractivity contribution in [2.75, 3.05) is 25.6 Å². The van der Waals surface area contributed by atoms with Gasteiger partial charge in [0, 0.05) is 12.2 Å². The first-order valence-corrected chi connectivity index (χ1v) is 6.51. The van der Waals surface area contributed by atoms with Crippen molar-refractivity contribution < 1.29 is 19.4 Å². The van der Waals surface area contributed by atoms with Crippen LogP contribution in [0.2, 0.25) is 0 Å². The highest BCUT2D eigenvalue weighted by Gasteiger charge is 2.12. The van der Waals surface area contributed by atoms with Crippen LogP contribution < -0.4 is 10.6 Å². The summed E-state index contributed by atoms with van der Waals surface area (Å²) in [7, 11) is 1.23. The predicted molar refractivity (Wildman–Crippen MR) is 79.7 cm³/mol. The Kier molecular flexibility index (Phi) is 6.42. The SMILES string of the molecule is COC(=O)/C=C(\Nc1ccc(C)c(C)c1)C(=O)NCCO. The summed E-state index contributed by atoms with van der Waals surface area (Å²) in [5.41, 5.74) is 2.93. The van der Waals surface area contributed by atoms with Crippen LogP contribution in [-0.2, 0) is 14.3 Å². The third kappa shape index (κ3) is 5.27. The second kappa shape index (κ2) is 8.06. The Hall–Kier alpha value is -2.34. The molecule has 0 spiro atoms. The van der Waals surface area contributed by atoms with Gasteiger partial charge in [0.1, 0.15) is 5.70 Å². The highest BCUT2D eigenvalue weighted by molar-refractivity contribution is 6.01. The van der Waals surface area contributed by atoms with Crippen molar-refractivity contribution in [1.82, 2.24) is 5.32 Å². The lowest BCUT2D eigenvalue weighted by Gasteiger charge is -2.12. The average Bonchev–Trinajstić information content (AvgIpc) is 2.47. The molecule has 0 atom stereocenters. The number of aryl methyl sites for hydroxylation is 2. The minimum Gasteiger partial charge on any atom is -0.466 e. The van der Waals surface area contributed by atoms with E-state index in [9.17, 15) is 9.59 Å². The van der Waals surface area contributed by atoms with Crippen LogP contribution in [0.4, 0.5) is 5.69 Å². The van der Waals surface area contributed by atoms with Gasteiger partial charge in [0.2, 0.25) is 0 Å². The number of carbonyl (C=O) groups is 2. The first kappa shape index (κ1) is 16.7. The number of amides is 1. The molecule has 0 aliphatic rings. The van der Waals surface area contributed by atoms with E-state index < -0.39 is 11.9 Å². The smallest absolute Gasteiger partial charge is 0.332 e. The molecule has 1 aromatic carbocycles. The van der Waals surface area contributed by atoms with Gasteiger partial charge in [0.25, 0.3) is 5.91 Å². The van der Waals surface area contributed by atoms with E-state index in [2.05, 4.69) is 15.4 Å². The zero-order valence-corrected chi connectivity index (χ0v) is 12.4. The second-order valence-corrected chi connectivity index (χ2v) is 4.48. The van der Waals surface area contributed by atoms with Gasteiger partial charge in [0.15, 0.2) is 0 Å². The Morgan fingerprint density at radius 3 is 2.57 bits per heavy atom. The zero-order chi connectivity index (χ0) is 15.8. The van der Waals surface area contributed by atoms with Gasteiger partial charge >= 0.3 is 5.97 Å². The molecule has 0 radical (unpaired) electrons. The van der Waals surface area contributed by atoms with E-state index in [-0.39, 0.29) is 18.8 Å². The minimum absolute atomic E-state index is 0.0542. The van der Waals surface area contributed by atoms with E-state index in [0.717, 1.165) is 17.2 Å². The number of anilines is 1. The summed E-state index contributed by atoms with van der Waals surface area (Å²) in [6.45, 7) is 3.86. The van der Waals surface area contributed by atoms with E-state index in [0.29, 0.717) is 5.69 Å². The van der Waals surface area contributed by atoms with Crippen molar-refractivity contribution in [1.29, 1.82) is 0 Å². The summed E-state index contributed by atoms with van der Waals surface area (Å²) in [6.07, 6.45) is 1.07. The van der Waals surface area contributed by atoms with E-state index in [1.807, 2.05) is 32.0 Å². The molecule has 0 fully saturated rings. The van der Waals surface area contributed by atoms with Gasteiger partial charge in [-0.2, -0.15) is 0 Å². The molecule has 0 aliphatic heterocycles. The van der Waals surface area contributed by atoms with Crippen LogP contribution in [0.1, 0.15) is 11.1 Å². The molecular formula is C15H20N2O4. The van der Waals surface area contributed by atoms with E-state index in [1.165, 1.54) is 7.11 Å². The molecule has 21 heavy (non-hydrogen) atoms. The fourth-order valence-corrected chi connectivity index (χ4v) is 1.57. The Morgan fingerprint density at radius 1 is 1.29 bits per heavy atom. The average molecular weight is 292 g/mol. The molecule has 0 saturated heterocycles. The monoisotopic (exact) mass is 292 g/mol. The van der Waals surface area contributed by atoms with E-state index in [4.69, 9.17) is 5.11 Å². The molecule has 1 amide bonds. The fourth-order valence-electron chi connectivity index (χ4n) is 1.57. The maximum Gasteiger partial charge on any atom is 0.332 e. The number of hydrogen-bond acceptors (Lipinski definition) is 5. The molecule has 1 rings (SSSR count). The fraction of sp³-hybridized carbons (Fsp3) is 0.333. The number of aliphatic hydroxyl groups is 1. The van der Waals surface area contributed by atoms with Gasteiger partial charge in [-0.3, -0.25) is 4.79 Å².